The maximum atomic E-state index is 13.1. The molecule has 0 bridgehead atoms. The zero-order valence-electron chi connectivity index (χ0n) is 13.1. The Kier molecular flexibility index (Phi) is 3.78. The quantitative estimate of drug-likeness (QED) is 0.725. The van der Waals surface area contributed by atoms with Crippen molar-refractivity contribution in [1.82, 2.24) is 14.5 Å². The molecule has 1 N–H and O–H groups in total. The number of nitrogens with one attached hydrogen (secondary N) is 1. The molecule has 0 saturated heterocycles. The van der Waals surface area contributed by atoms with Gasteiger partial charge in [-0.2, -0.15) is 0 Å². The Morgan fingerprint density at radius 3 is 2.50 bits per heavy atom. The summed E-state index contributed by atoms with van der Waals surface area (Å²) in [6.07, 6.45) is 2.59. The summed E-state index contributed by atoms with van der Waals surface area (Å²) in [4.78, 5) is 17.9. The molecule has 0 aliphatic carbocycles. The molecule has 0 fully saturated rings. The highest BCUT2D eigenvalue weighted by atomic mass is 32.1. The van der Waals surface area contributed by atoms with Gasteiger partial charge in [-0.1, -0.05) is 42.5 Å². The molecule has 24 heavy (non-hydrogen) atoms. The van der Waals surface area contributed by atoms with Crippen LogP contribution in [0.25, 0.3) is 5.69 Å². The molecular weight excluding hydrogens is 318 g/mol. The van der Waals surface area contributed by atoms with Crippen molar-refractivity contribution in [3.05, 3.63) is 82.4 Å². The van der Waals surface area contributed by atoms with Gasteiger partial charge in [0.15, 0.2) is 4.77 Å². The van der Waals surface area contributed by atoms with Crippen molar-refractivity contribution in [2.45, 2.75) is 13.0 Å². The van der Waals surface area contributed by atoms with E-state index in [9.17, 15) is 4.79 Å². The van der Waals surface area contributed by atoms with Gasteiger partial charge in [0.25, 0.3) is 5.91 Å². The van der Waals surface area contributed by atoms with Gasteiger partial charge in [0.05, 0.1) is 0 Å². The Labute approximate surface area is 145 Å². The highest BCUT2D eigenvalue weighted by Crippen LogP contribution is 2.21. The minimum Gasteiger partial charge on any atom is -0.336 e. The number of aromatic nitrogens is 2. The van der Waals surface area contributed by atoms with Gasteiger partial charge >= 0.3 is 0 Å². The van der Waals surface area contributed by atoms with Gasteiger partial charge in [0, 0.05) is 25.0 Å². The molecule has 0 spiro atoms. The van der Waals surface area contributed by atoms with E-state index >= 15 is 0 Å². The van der Waals surface area contributed by atoms with Gasteiger partial charge in [0.1, 0.15) is 5.69 Å². The van der Waals surface area contributed by atoms with Crippen molar-refractivity contribution in [3.8, 4) is 5.69 Å². The van der Waals surface area contributed by atoms with Crippen LogP contribution in [0, 0.1) is 4.77 Å². The summed E-state index contributed by atoms with van der Waals surface area (Å²) >= 11 is 5.38. The summed E-state index contributed by atoms with van der Waals surface area (Å²) in [5, 5.41) is 0. The number of benzene rings is 2. The van der Waals surface area contributed by atoms with Crippen LogP contribution in [0.4, 0.5) is 0 Å². The average molecular weight is 335 g/mol. The Morgan fingerprint density at radius 2 is 1.71 bits per heavy atom. The van der Waals surface area contributed by atoms with Crippen LogP contribution in [0.2, 0.25) is 0 Å². The van der Waals surface area contributed by atoms with Crippen molar-refractivity contribution in [3.63, 3.8) is 0 Å². The van der Waals surface area contributed by atoms with E-state index < -0.39 is 0 Å². The molecule has 1 amide bonds. The molecule has 1 aliphatic heterocycles. The second-order valence-electron chi connectivity index (χ2n) is 5.90. The predicted molar refractivity (Wildman–Crippen MR) is 95.8 cm³/mol. The fourth-order valence-corrected chi connectivity index (χ4v) is 3.45. The molecule has 0 atom stereocenters. The highest BCUT2D eigenvalue weighted by molar-refractivity contribution is 7.71. The fraction of sp³-hybridized carbons (Fsp3) is 0.158. The zero-order chi connectivity index (χ0) is 16.5. The van der Waals surface area contributed by atoms with Gasteiger partial charge in [0.2, 0.25) is 0 Å². The number of amides is 1. The van der Waals surface area contributed by atoms with Crippen LogP contribution in [0.3, 0.4) is 0 Å². The van der Waals surface area contributed by atoms with E-state index in [1.807, 2.05) is 41.3 Å². The number of hydrogen-bond donors (Lipinski definition) is 1. The van der Waals surface area contributed by atoms with Crippen LogP contribution in [0.15, 0.2) is 60.8 Å². The maximum absolute atomic E-state index is 13.1. The molecule has 2 heterocycles. The number of rotatable bonds is 2. The van der Waals surface area contributed by atoms with Crippen LogP contribution >= 0.6 is 12.2 Å². The first-order valence-corrected chi connectivity index (χ1v) is 8.37. The van der Waals surface area contributed by atoms with Crippen molar-refractivity contribution in [2.24, 2.45) is 0 Å². The van der Waals surface area contributed by atoms with Crippen LogP contribution in [0.1, 0.15) is 21.6 Å². The van der Waals surface area contributed by atoms with Crippen LogP contribution < -0.4 is 0 Å². The molecule has 0 radical (unpaired) electrons. The lowest BCUT2D eigenvalue weighted by Gasteiger charge is -2.29. The average Bonchev–Trinajstić information content (AvgIpc) is 3.03. The van der Waals surface area contributed by atoms with Gasteiger partial charge < -0.3 is 9.88 Å². The van der Waals surface area contributed by atoms with Gasteiger partial charge in [-0.3, -0.25) is 9.36 Å². The summed E-state index contributed by atoms with van der Waals surface area (Å²) in [5.74, 6) is 0.000654. The molecule has 0 unspecified atom stereocenters. The lowest BCUT2D eigenvalue weighted by molar-refractivity contribution is 0.0726. The Morgan fingerprint density at radius 1 is 1.00 bits per heavy atom. The number of carbonyl (C=O) groups excluding carboxylic acids is 1. The first kappa shape index (κ1) is 14.9. The molecule has 120 valence electrons. The summed E-state index contributed by atoms with van der Waals surface area (Å²) in [6.45, 7) is 1.37. The van der Waals surface area contributed by atoms with Crippen LogP contribution in [-0.2, 0) is 13.0 Å². The smallest absolute Gasteiger partial charge is 0.272 e. The molecule has 4 rings (SSSR count). The monoisotopic (exact) mass is 335 g/mol. The van der Waals surface area contributed by atoms with E-state index in [4.69, 9.17) is 12.2 Å². The molecular formula is C19H17N3OS. The van der Waals surface area contributed by atoms with Crippen LogP contribution in [-0.4, -0.2) is 26.9 Å². The minimum atomic E-state index is 0.000654. The molecule has 4 nitrogen and oxygen atoms in total. The largest absolute Gasteiger partial charge is 0.336 e. The van der Waals surface area contributed by atoms with Gasteiger partial charge in [-0.15, -0.1) is 0 Å². The second kappa shape index (κ2) is 6.09. The maximum Gasteiger partial charge on any atom is 0.272 e. The third-order valence-electron chi connectivity index (χ3n) is 4.43. The minimum absolute atomic E-state index is 0.000654. The van der Waals surface area contributed by atoms with E-state index in [2.05, 4.69) is 23.2 Å². The van der Waals surface area contributed by atoms with Gasteiger partial charge in [-0.25, -0.2) is 0 Å². The van der Waals surface area contributed by atoms with E-state index in [0.29, 0.717) is 17.0 Å². The Balaban J connectivity index is 1.69. The molecule has 1 aliphatic rings. The number of hydrogen-bond acceptors (Lipinski definition) is 2. The summed E-state index contributed by atoms with van der Waals surface area (Å²) < 4.78 is 2.33. The normalized spacial score (nSPS) is 13.6. The number of imidazole rings is 1. The molecule has 0 saturated carbocycles. The van der Waals surface area contributed by atoms with Crippen LogP contribution in [0.5, 0.6) is 0 Å². The Hall–Kier alpha value is -2.66. The van der Waals surface area contributed by atoms with Gasteiger partial charge in [-0.05, 0) is 41.9 Å². The number of H-pyrrole nitrogens is 1. The molecule has 2 aromatic carbocycles. The third-order valence-corrected chi connectivity index (χ3v) is 4.73. The van der Waals surface area contributed by atoms with E-state index in [1.165, 1.54) is 11.1 Å². The van der Waals surface area contributed by atoms with E-state index in [0.717, 1.165) is 18.7 Å². The van der Waals surface area contributed by atoms with Crippen molar-refractivity contribution in [1.29, 1.82) is 0 Å². The van der Waals surface area contributed by atoms with E-state index in [1.54, 1.807) is 10.8 Å². The topological polar surface area (TPSA) is 41.0 Å². The fourth-order valence-electron chi connectivity index (χ4n) is 3.19. The SMILES string of the molecule is O=C(c1c[nH]c(=S)n1-c1ccccc1)N1CCc2ccccc2C1. The molecule has 5 heteroatoms. The lowest BCUT2D eigenvalue weighted by atomic mass is 10.00. The number of fused-ring (bicyclic) bond motifs is 1. The number of aromatic amines is 1. The Bertz CT molecular complexity index is 943. The third kappa shape index (κ3) is 2.57. The number of nitrogens with zero attached hydrogens (tertiary/aromatic N) is 2. The summed E-state index contributed by atoms with van der Waals surface area (Å²) in [6, 6.07) is 18.0. The van der Waals surface area contributed by atoms with E-state index in [-0.39, 0.29) is 5.91 Å². The number of carbonyl (C=O) groups is 1. The zero-order valence-corrected chi connectivity index (χ0v) is 13.9. The van der Waals surface area contributed by atoms with Crippen molar-refractivity contribution >= 4 is 18.1 Å². The first-order valence-electron chi connectivity index (χ1n) is 7.96. The number of para-hydroxylation sites is 1. The molecule has 1 aromatic heterocycles. The standard InChI is InChI=1S/C19H17N3OS/c23-18(21-11-10-14-6-4-5-7-15(14)13-21)17-12-20-19(24)22(17)16-8-2-1-3-9-16/h1-9,12H,10-11,13H2,(H,20,24). The first-order chi connectivity index (χ1) is 11.7. The highest BCUT2D eigenvalue weighted by Gasteiger charge is 2.24. The van der Waals surface area contributed by atoms with Crippen molar-refractivity contribution in [2.75, 3.05) is 6.54 Å². The summed E-state index contributed by atoms with van der Waals surface area (Å²) in [7, 11) is 0. The second-order valence-corrected chi connectivity index (χ2v) is 6.28. The lowest BCUT2D eigenvalue weighted by Crippen LogP contribution is -2.36. The predicted octanol–water partition coefficient (Wildman–Crippen LogP) is 3.73. The summed E-state index contributed by atoms with van der Waals surface area (Å²) in [5.41, 5.74) is 4.02. The van der Waals surface area contributed by atoms with Crippen molar-refractivity contribution < 1.29 is 4.79 Å². The molecule has 3 aromatic rings.